The summed E-state index contributed by atoms with van der Waals surface area (Å²) >= 11 is -1.59. The molecule has 2 aromatic heterocycles. The molecule has 2 aromatic rings. The molecule has 0 aliphatic heterocycles. The summed E-state index contributed by atoms with van der Waals surface area (Å²) in [5, 5.41) is 17.4. The monoisotopic (exact) mass is 576 g/mol. The van der Waals surface area contributed by atoms with Crippen molar-refractivity contribution in [2.45, 2.75) is 109 Å². The van der Waals surface area contributed by atoms with Gasteiger partial charge in [0.05, 0.1) is 30.2 Å². The Balaban J connectivity index is 1.71. The highest BCUT2D eigenvalue weighted by Gasteiger charge is 2.46. The molecule has 0 spiro atoms. The van der Waals surface area contributed by atoms with Gasteiger partial charge in [-0.25, -0.2) is 23.1 Å². The van der Waals surface area contributed by atoms with Gasteiger partial charge in [-0.2, -0.15) is 10.4 Å². The summed E-state index contributed by atoms with van der Waals surface area (Å²) in [6.45, 7) is 10.7. The molecular formula is C28H38F2N6O3S. The van der Waals surface area contributed by atoms with E-state index in [-0.39, 0.29) is 31.6 Å². The first-order chi connectivity index (χ1) is 18.5. The van der Waals surface area contributed by atoms with E-state index < -0.39 is 45.2 Å². The third-order valence-electron chi connectivity index (χ3n) is 7.41. The number of imidazole rings is 1. The van der Waals surface area contributed by atoms with E-state index in [9.17, 15) is 23.4 Å². The molecular weight excluding hydrogens is 538 g/mol. The van der Waals surface area contributed by atoms with Crippen LogP contribution >= 0.6 is 0 Å². The molecule has 4 rings (SSSR count). The van der Waals surface area contributed by atoms with Gasteiger partial charge in [-0.15, -0.1) is 0 Å². The molecule has 2 heterocycles. The second kappa shape index (κ2) is 10.9. The van der Waals surface area contributed by atoms with Gasteiger partial charge in [0.2, 0.25) is 5.92 Å². The van der Waals surface area contributed by atoms with Crippen LogP contribution < -0.4 is 5.32 Å². The zero-order chi connectivity index (χ0) is 29.5. The second-order valence-electron chi connectivity index (χ2n) is 12.9. The maximum absolute atomic E-state index is 13.9. The normalized spacial score (nSPS) is 21.2. The average Bonchev–Trinajstić information content (AvgIpc) is 3.23. The number of rotatable bonds is 6. The SMILES string of the molecule is CC(C)(C)OC(=O)N[C@H](c1cn2ncc(/C(=N/[S+]([O-])C(C)(C)C)C3(C#N)CCC3)cc2n1)C1CCC(F)(F)CC1. The van der Waals surface area contributed by atoms with Crippen LogP contribution in [0, 0.1) is 22.7 Å². The van der Waals surface area contributed by atoms with Crippen LogP contribution in [0.4, 0.5) is 13.6 Å². The van der Waals surface area contributed by atoms with Gasteiger partial charge in [-0.1, -0.05) is 4.40 Å². The lowest BCUT2D eigenvalue weighted by molar-refractivity contribution is -0.0500. The second-order valence-corrected chi connectivity index (χ2v) is 14.8. The smallest absolute Gasteiger partial charge is 0.408 e. The minimum absolute atomic E-state index is 0.222. The average molecular weight is 577 g/mol. The first kappa shape index (κ1) is 30.2. The van der Waals surface area contributed by atoms with Crippen LogP contribution in [0.15, 0.2) is 22.9 Å². The molecule has 2 aliphatic rings. The van der Waals surface area contributed by atoms with Crippen molar-refractivity contribution >= 4 is 28.8 Å². The third-order valence-corrected chi connectivity index (χ3v) is 8.80. The largest absolute Gasteiger partial charge is 0.591 e. The number of hydrogen-bond donors (Lipinski definition) is 1. The fourth-order valence-electron chi connectivity index (χ4n) is 5.01. The van der Waals surface area contributed by atoms with Crippen LogP contribution in [-0.4, -0.2) is 47.2 Å². The number of halogens is 2. The van der Waals surface area contributed by atoms with Crippen LogP contribution in [0.3, 0.4) is 0 Å². The van der Waals surface area contributed by atoms with Crippen molar-refractivity contribution in [3.8, 4) is 6.07 Å². The number of carbonyl (C=O) groups is 1. The number of nitrogens with one attached hydrogen (secondary N) is 1. The number of ether oxygens (including phenoxy) is 1. The van der Waals surface area contributed by atoms with Crippen molar-refractivity contribution in [2.75, 3.05) is 0 Å². The van der Waals surface area contributed by atoms with Crippen LogP contribution in [0.2, 0.25) is 0 Å². The molecule has 9 nitrogen and oxygen atoms in total. The number of amides is 1. The molecule has 0 radical (unpaired) electrons. The minimum atomic E-state index is -2.72. The Morgan fingerprint density at radius 2 is 1.90 bits per heavy atom. The fourth-order valence-corrected chi connectivity index (χ4v) is 5.73. The molecule has 2 saturated carbocycles. The first-order valence-corrected chi connectivity index (χ1v) is 14.8. The Hall–Kier alpha value is -2.78. The summed E-state index contributed by atoms with van der Waals surface area (Å²) in [4.78, 5) is 17.5. The molecule has 0 aromatic carbocycles. The van der Waals surface area contributed by atoms with E-state index >= 15 is 0 Å². The first-order valence-electron chi connectivity index (χ1n) is 13.7. The number of carbonyl (C=O) groups excluding carboxylic acids is 1. The Labute approximate surface area is 237 Å². The van der Waals surface area contributed by atoms with E-state index in [1.165, 1.54) is 4.52 Å². The van der Waals surface area contributed by atoms with Gasteiger partial charge in [0.15, 0.2) is 5.65 Å². The van der Waals surface area contributed by atoms with Crippen molar-refractivity contribution < 1.29 is 22.9 Å². The number of alkyl carbamates (subject to hydrolysis) is 1. The Bertz CT molecular complexity index is 1310. The van der Waals surface area contributed by atoms with Crippen molar-refractivity contribution in [3.05, 3.63) is 29.7 Å². The van der Waals surface area contributed by atoms with Crippen molar-refractivity contribution in [1.82, 2.24) is 19.9 Å². The predicted molar refractivity (Wildman–Crippen MR) is 148 cm³/mol. The molecule has 12 heteroatoms. The summed E-state index contributed by atoms with van der Waals surface area (Å²) in [6, 6.07) is 3.47. The Kier molecular flexibility index (Phi) is 8.22. The number of nitrogens with zero attached hydrogens (tertiary/aromatic N) is 5. The van der Waals surface area contributed by atoms with Crippen LogP contribution in [0.5, 0.6) is 0 Å². The number of aromatic nitrogens is 3. The van der Waals surface area contributed by atoms with Crippen molar-refractivity contribution in [2.24, 2.45) is 15.7 Å². The molecule has 1 amide bonds. The number of fused-ring (bicyclic) bond motifs is 1. The highest BCUT2D eigenvalue weighted by Crippen LogP contribution is 2.45. The highest BCUT2D eigenvalue weighted by molar-refractivity contribution is 7.91. The highest BCUT2D eigenvalue weighted by atomic mass is 32.2. The van der Waals surface area contributed by atoms with Gasteiger partial charge < -0.3 is 14.6 Å². The van der Waals surface area contributed by atoms with E-state index in [1.54, 1.807) is 39.2 Å². The molecule has 2 atom stereocenters. The predicted octanol–water partition coefficient (Wildman–Crippen LogP) is 6.07. The zero-order valence-electron chi connectivity index (χ0n) is 24.0. The van der Waals surface area contributed by atoms with Gasteiger partial charge in [-0.05, 0) is 85.6 Å². The maximum Gasteiger partial charge on any atom is 0.408 e. The van der Waals surface area contributed by atoms with Gasteiger partial charge in [0.25, 0.3) is 0 Å². The summed E-state index contributed by atoms with van der Waals surface area (Å²) in [7, 11) is 0. The number of alkyl halides is 2. The molecule has 0 bridgehead atoms. The quantitative estimate of drug-likeness (QED) is 0.329. The molecule has 40 heavy (non-hydrogen) atoms. The van der Waals surface area contributed by atoms with Crippen LogP contribution in [-0.2, 0) is 16.1 Å². The molecule has 1 unspecified atom stereocenters. The van der Waals surface area contributed by atoms with Gasteiger partial charge in [0, 0.05) is 18.4 Å². The zero-order valence-corrected chi connectivity index (χ0v) is 24.8. The summed E-state index contributed by atoms with van der Waals surface area (Å²) in [5.41, 5.74) is 0.326. The minimum Gasteiger partial charge on any atom is -0.591 e. The Morgan fingerprint density at radius 3 is 2.42 bits per heavy atom. The maximum atomic E-state index is 13.9. The Morgan fingerprint density at radius 1 is 1.25 bits per heavy atom. The van der Waals surface area contributed by atoms with E-state index in [0.717, 1.165) is 6.42 Å². The van der Waals surface area contributed by atoms with Crippen LogP contribution in [0.25, 0.3) is 5.65 Å². The lowest BCUT2D eigenvalue weighted by atomic mass is 9.65. The fraction of sp³-hybridized carbons (Fsp3) is 0.679. The lowest BCUT2D eigenvalue weighted by Crippen LogP contribution is -2.40. The van der Waals surface area contributed by atoms with Gasteiger partial charge >= 0.3 is 6.09 Å². The lowest BCUT2D eigenvalue weighted by Gasteiger charge is -2.36. The van der Waals surface area contributed by atoms with E-state index in [0.29, 0.717) is 35.5 Å². The summed E-state index contributed by atoms with van der Waals surface area (Å²) < 4.78 is 51.8. The van der Waals surface area contributed by atoms with Gasteiger partial charge in [-0.3, -0.25) is 0 Å². The van der Waals surface area contributed by atoms with E-state index in [4.69, 9.17) is 9.72 Å². The van der Waals surface area contributed by atoms with E-state index in [1.807, 2.05) is 20.8 Å². The topological polar surface area (TPSA) is 128 Å². The van der Waals surface area contributed by atoms with Crippen molar-refractivity contribution in [1.29, 1.82) is 5.26 Å². The number of hydrogen-bond acceptors (Lipinski definition) is 7. The van der Waals surface area contributed by atoms with Crippen molar-refractivity contribution in [3.63, 3.8) is 0 Å². The van der Waals surface area contributed by atoms with Crippen LogP contribution in [0.1, 0.15) is 104 Å². The molecule has 0 saturated heterocycles. The summed E-state index contributed by atoms with van der Waals surface area (Å²) in [6.07, 6.45) is 4.61. The number of nitriles is 1. The standard InChI is InChI=1S/C28H38F2N6O3S/c1-25(2,3)39-24(37)34-22(18-8-12-28(29,30)13-9-18)20-16-36-21(33-20)14-19(15-32-36)23(27(17-31)10-7-11-27)35-40(38)26(4,5)6/h14-16,18,22H,7-13H2,1-6H3,(H,34,37)/b35-23-/t22-,40?/m0/s1. The molecule has 2 fully saturated rings. The molecule has 218 valence electrons. The molecule has 1 N–H and O–H groups in total. The summed E-state index contributed by atoms with van der Waals surface area (Å²) in [5.74, 6) is -2.98. The van der Waals surface area contributed by atoms with E-state index in [2.05, 4.69) is 20.9 Å². The van der Waals surface area contributed by atoms with Gasteiger partial charge in [0.1, 0.15) is 32.8 Å². The third kappa shape index (κ3) is 6.74. The molecule has 2 aliphatic carbocycles.